The van der Waals surface area contributed by atoms with Gasteiger partial charge in [-0.05, 0) is 12.8 Å². The number of ether oxygens (including phenoxy) is 1. The van der Waals surface area contributed by atoms with Crippen molar-refractivity contribution in [3.8, 4) is 0 Å². The summed E-state index contributed by atoms with van der Waals surface area (Å²) in [6.45, 7) is -1.96. The maximum absolute atomic E-state index is 11.7. The monoisotopic (exact) mass is 254 g/mol. The molecule has 0 heterocycles. The molecule has 0 bridgehead atoms. The highest BCUT2D eigenvalue weighted by Crippen LogP contribution is 2.18. The average molecular weight is 254 g/mol. The number of nitrogens with one attached hydrogen (secondary N) is 1. The van der Waals surface area contributed by atoms with E-state index in [1.807, 2.05) is 0 Å². The van der Waals surface area contributed by atoms with Crippen LogP contribution in [0, 0.1) is 0 Å². The van der Waals surface area contributed by atoms with E-state index < -0.39 is 24.8 Å². The van der Waals surface area contributed by atoms with Gasteiger partial charge in [-0.25, -0.2) is 4.79 Å². The Morgan fingerprint density at radius 2 is 2.00 bits per heavy atom. The van der Waals surface area contributed by atoms with Gasteiger partial charge in [-0.1, -0.05) is 0 Å². The van der Waals surface area contributed by atoms with Crippen LogP contribution < -0.4 is 5.32 Å². The summed E-state index contributed by atoms with van der Waals surface area (Å²) in [5.74, 6) is -0.404. The van der Waals surface area contributed by atoms with E-state index in [4.69, 9.17) is 0 Å². The van der Waals surface area contributed by atoms with Crippen molar-refractivity contribution in [3.63, 3.8) is 0 Å². The van der Waals surface area contributed by atoms with Crippen molar-refractivity contribution in [1.29, 1.82) is 0 Å². The van der Waals surface area contributed by atoms with Crippen LogP contribution >= 0.6 is 0 Å². The summed E-state index contributed by atoms with van der Waals surface area (Å²) in [4.78, 5) is 23.1. The molecule has 1 saturated carbocycles. The highest BCUT2D eigenvalue weighted by Gasteiger charge is 2.31. The van der Waals surface area contributed by atoms with Gasteiger partial charge in [-0.3, -0.25) is 4.79 Å². The Morgan fingerprint density at radius 1 is 1.41 bits per heavy atom. The van der Waals surface area contributed by atoms with Crippen LogP contribution in [0.15, 0.2) is 0 Å². The Balaban J connectivity index is 2.23. The number of hydrogen-bond donors (Lipinski definition) is 1. The molecule has 5 nitrogen and oxygen atoms in total. The molecular weight excluding hydrogens is 241 g/mol. The molecule has 0 radical (unpaired) electrons. The molecule has 8 heteroatoms. The van der Waals surface area contributed by atoms with Crippen molar-refractivity contribution in [1.82, 2.24) is 10.2 Å². The Kier molecular flexibility index (Phi) is 4.19. The van der Waals surface area contributed by atoms with Gasteiger partial charge in [-0.15, -0.1) is 0 Å². The lowest BCUT2D eigenvalue weighted by Crippen LogP contribution is -2.40. The highest BCUT2D eigenvalue weighted by atomic mass is 19.4. The molecule has 1 rings (SSSR count). The van der Waals surface area contributed by atoms with Crippen molar-refractivity contribution >= 4 is 12.0 Å². The zero-order valence-corrected chi connectivity index (χ0v) is 9.21. The summed E-state index contributed by atoms with van der Waals surface area (Å²) in [6.07, 6.45) is -3.94. The summed E-state index contributed by atoms with van der Waals surface area (Å²) in [5, 5.41) is 2.60. The molecule has 17 heavy (non-hydrogen) atoms. The van der Waals surface area contributed by atoms with Gasteiger partial charge in [0.15, 0.2) is 6.61 Å². The van der Waals surface area contributed by atoms with E-state index in [0.717, 1.165) is 17.7 Å². The van der Waals surface area contributed by atoms with E-state index in [1.54, 1.807) is 0 Å². The minimum Gasteiger partial charge on any atom is -0.440 e. The van der Waals surface area contributed by atoms with Gasteiger partial charge in [0.25, 0.3) is 0 Å². The van der Waals surface area contributed by atoms with Crippen molar-refractivity contribution in [3.05, 3.63) is 0 Å². The van der Waals surface area contributed by atoms with Gasteiger partial charge in [0, 0.05) is 13.1 Å². The van der Waals surface area contributed by atoms with Gasteiger partial charge in [0.2, 0.25) is 5.91 Å². The van der Waals surface area contributed by atoms with Crippen molar-refractivity contribution < 1.29 is 27.5 Å². The van der Waals surface area contributed by atoms with Crippen LogP contribution in [0.1, 0.15) is 12.8 Å². The number of alkyl halides is 3. The summed E-state index contributed by atoms with van der Waals surface area (Å²) >= 11 is 0. The van der Waals surface area contributed by atoms with Gasteiger partial charge in [-0.2, -0.15) is 13.2 Å². The van der Waals surface area contributed by atoms with Crippen LogP contribution in [0.2, 0.25) is 0 Å². The Labute approximate surface area is 95.9 Å². The second-order valence-corrected chi connectivity index (χ2v) is 3.87. The van der Waals surface area contributed by atoms with Crippen LogP contribution in [0.3, 0.4) is 0 Å². The Bertz CT molecular complexity index is 302. The lowest BCUT2D eigenvalue weighted by Gasteiger charge is -2.17. The Morgan fingerprint density at radius 3 is 2.47 bits per heavy atom. The number of carbonyl (C=O) groups is 2. The van der Waals surface area contributed by atoms with E-state index in [9.17, 15) is 22.8 Å². The zero-order valence-electron chi connectivity index (χ0n) is 9.21. The molecule has 0 saturated heterocycles. The third-order valence-electron chi connectivity index (χ3n) is 1.99. The molecule has 2 amide bonds. The zero-order chi connectivity index (χ0) is 13.1. The number of carbonyl (C=O) groups excluding carboxylic acids is 2. The first-order valence-corrected chi connectivity index (χ1v) is 5.02. The van der Waals surface area contributed by atoms with Gasteiger partial charge < -0.3 is 15.0 Å². The second-order valence-electron chi connectivity index (χ2n) is 3.87. The minimum atomic E-state index is -4.56. The predicted molar refractivity (Wildman–Crippen MR) is 51.2 cm³/mol. The van der Waals surface area contributed by atoms with Gasteiger partial charge in [0.1, 0.15) is 6.54 Å². The number of halogens is 3. The van der Waals surface area contributed by atoms with Gasteiger partial charge >= 0.3 is 12.3 Å². The first-order chi connectivity index (χ1) is 7.78. The molecule has 0 unspecified atom stereocenters. The first kappa shape index (κ1) is 13.6. The molecule has 0 aromatic carbocycles. The van der Waals surface area contributed by atoms with E-state index in [-0.39, 0.29) is 12.6 Å². The summed E-state index contributed by atoms with van der Waals surface area (Å²) < 4.78 is 39.2. The van der Waals surface area contributed by atoms with E-state index in [1.165, 1.54) is 7.05 Å². The number of amides is 2. The van der Waals surface area contributed by atoms with Crippen molar-refractivity contribution in [2.75, 3.05) is 20.2 Å². The summed E-state index contributed by atoms with van der Waals surface area (Å²) in [7, 11) is 1.20. The molecule has 0 aliphatic heterocycles. The standard InChI is InChI=1S/C9H13F3N2O3/c1-14(4-7(15)13-6-2-3-6)8(16)17-5-9(10,11)12/h6H,2-5H2,1H3,(H,13,15). The molecule has 0 spiro atoms. The molecule has 0 aromatic rings. The molecule has 98 valence electrons. The van der Waals surface area contributed by atoms with Crippen molar-refractivity contribution in [2.24, 2.45) is 0 Å². The van der Waals surface area contributed by atoms with Crippen LogP contribution in [-0.2, 0) is 9.53 Å². The molecule has 1 aliphatic rings. The second kappa shape index (κ2) is 5.24. The highest BCUT2D eigenvalue weighted by molar-refractivity contribution is 5.82. The van der Waals surface area contributed by atoms with Crippen LogP contribution in [0.25, 0.3) is 0 Å². The number of hydrogen-bond acceptors (Lipinski definition) is 3. The fourth-order valence-electron chi connectivity index (χ4n) is 1.03. The summed E-state index contributed by atoms with van der Waals surface area (Å²) in [6, 6.07) is 0.141. The minimum absolute atomic E-state index is 0.141. The Hall–Kier alpha value is -1.47. The van der Waals surface area contributed by atoms with E-state index in [0.29, 0.717) is 0 Å². The number of nitrogens with zero attached hydrogens (tertiary/aromatic N) is 1. The quantitative estimate of drug-likeness (QED) is 0.810. The van der Waals surface area contributed by atoms with Gasteiger partial charge in [0.05, 0.1) is 0 Å². The SMILES string of the molecule is CN(CC(=O)NC1CC1)C(=O)OCC(F)(F)F. The van der Waals surface area contributed by atoms with Crippen molar-refractivity contribution in [2.45, 2.75) is 25.1 Å². The lowest BCUT2D eigenvalue weighted by molar-refractivity contribution is -0.162. The fourth-order valence-corrected chi connectivity index (χ4v) is 1.03. The molecular formula is C9H13F3N2O3. The molecule has 1 N–H and O–H groups in total. The van der Waals surface area contributed by atoms with E-state index in [2.05, 4.69) is 10.1 Å². The van der Waals surface area contributed by atoms with Crippen LogP contribution in [-0.4, -0.2) is 49.3 Å². The number of rotatable bonds is 4. The lowest BCUT2D eigenvalue weighted by atomic mass is 10.5. The maximum atomic E-state index is 11.7. The first-order valence-electron chi connectivity index (χ1n) is 5.02. The van der Waals surface area contributed by atoms with Crippen LogP contribution in [0.5, 0.6) is 0 Å². The smallest absolute Gasteiger partial charge is 0.422 e. The largest absolute Gasteiger partial charge is 0.440 e. The average Bonchev–Trinajstić information content (AvgIpc) is 2.96. The van der Waals surface area contributed by atoms with Crippen LogP contribution in [0.4, 0.5) is 18.0 Å². The maximum Gasteiger partial charge on any atom is 0.422 e. The topological polar surface area (TPSA) is 58.6 Å². The normalized spacial score (nSPS) is 15.3. The molecule has 0 atom stereocenters. The fraction of sp³-hybridized carbons (Fsp3) is 0.778. The summed E-state index contributed by atoms with van der Waals surface area (Å²) in [5.41, 5.74) is 0. The number of likely N-dealkylation sites (N-methyl/N-ethyl adjacent to an activating group) is 1. The molecule has 1 fully saturated rings. The predicted octanol–water partition coefficient (Wildman–Crippen LogP) is 0.896. The third-order valence-corrected chi connectivity index (χ3v) is 1.99. The molecule has 0 aromatic heterocycles. The van der Waals surface area contributed by atoms with E-state index >= 15 is 0 Å². The molecule has 1 aliphatic carbocycles. The third kappa shape index (κ3) is 5.98.